The smallest absolute Gasteiger partial charge is 0.0678 e. The highest BCUT2D eigenvalue weighted by Crippen LogP contribution is 2.18. The molecule has 0 aliphatic rings. The van der Waals surface area contributed by atoms with E-state index in [1.807, 2.05) is 0 Å². The third-order valence-corrected chi connectivity index (χ3v) is 3.24. The average Bonchev–Trinajstić information content (AvgIpc) is 2.37. The van der Waals surface area contributed by atoms with Crippen LogP contribution in [0.4, 0.5) is 5.69 Å². The van der Waals surface area contributed by atoms with E-state index in [0.717, 1.165) is 19.7 Å². The molecule has 0 saturated heterocycles. The van der Waals surface area contributed by atoms with Crippen LogP contribution < -0.4 is 10.2 Å². The van der Waals surface area contributed by atoms with Gasteiger partial charge in [0.1, 0.15) is 0 Å². The van der Waals surface area contributed by atoms with Crippen molar-refractivity contribution in [1.82, 2.24) is 5.32 Å². The molecular formula is C16H28N2O. The van der Waals surface area contributed by atoms with E-state index >= 15 is 0 Å². The number of hydrogen-bond acceptors (Lipinski definition) is 3. The number of rotatable bonds is 8. The largest absolute Gasteiger partial charge is 0.383 e. The Hall–Kier alpha value is -1.06. The molecule has 19 heavy (non-hydrogen) atoms. The topological polar surface area (TPSA) is 24.5 Å². The van der Waals surface area contributed by atoms with Gasteiger partial charge in [0.25, 0.3) is 0 Å². The average molecular weight is 264 g/mol. The SMILES string of the molecule is CCN(c1cccc(C)c1)C(CNC(C)C)COC. The van der Waals surface area contributed by atoms with Gasteiger partial charge in [-0.15, -0.1) is 0 Å². The Kier molecular flexibility index (Phi) is 6.89. The molecule has 0 aromatic heterocycles. The van der Waals surface area contributed by atoms with Gasteiger partial charge >= 0.3 is 0 Å². The van der Waals surface area contributed by atoms with Crippen LogP contribution >= 0.6 is 0 Å². The summed E-state index contributed by atoms with van der Waals surface area (Å²) in [4.78, 5) is 2.41. The summed E-state index contributed by atoms with van der Waals surface area (Å²) >= 11 is 0. The second kappa shape index (κ2) is 8.18. The molecule has 0 aliphatic carbocycles. The first kappa shape index (κ1) is 16.0. The van der Waals surface area contributed by atoms with Crippen LogP contribution in [-0.2, 0) is 4.74 Å². The zero-order valence-electron chi connectivity index (χ0n) is 12.9. The first-order chi connectivity index (χ1) is 9.08. The number of likely N-dealkylation sites (N-methyl/N-ethyl adjacent to an activating group) is 1. The summed E-state index contributed by atoms with van der Waals surface area (Å²) in [5.74, 6) is 0. The van der Waals surface area contributed by atoms with Gasteiger partial charge in [-0.3, -0.25) is 0 Å². The van der Waals surface area contributed by atoms with Gasteiger partial charge in [0.05, 0.1) is 12.6 Å². The molecule has 3 nitrogen and oxygen atoms in total. The van der Waals surface area contributed by atoms with Gasteiger partial charge in [0, 0.05) is 31.9 Å². The standard InChI is InChI=1S/C16H28N2O/c1-6-18(15-9-7-8-14(4)10-15)16(12-19-5)11-17-13(2)3/h7-10,13,16-17H,6,11-12H2,1-5H3. The number of ether oxygens (including phenoxy) is 1. The summed E-state index contributed by atoms with van der Waals surface area (Å²) in [5, 5.41) is 3.51. The summed E-state index contributed by atoms with van der Waals surface area (Å²) < 4.78 is 5.39. The zero-order valence-corrected chi connectivity index (χ0v) is 12.9. The highest BCUT2D eigenvalue weighted by molar-refractivity contribution is 5.49. The van der Waals surface area contributed by atoms with E-state index < -0.39 is 0 Å². The number of anilines is 1. The van der Waals surface area contributed by atoms with Crippen molar-refractivity contribution in [2.75, 3.05) is 31.7 Å². The van der Waals surface area contributed by atoms with Crippen molar-refractivity contribution in [3.8, 4) is 0 Å². The van der Waals surface area contributed by atoms with Crippen molar-refractivity contribution in [3.63, 3.8) is 0 Å². The fraction of sp³-hybridized carbons (Fsp3) is 0.625. The Morgan fingerprint density at radius 2 is 2.05 bits per heavy atom. The minimum Gasteiger partial charge on any atom is -0.383 e. The third kappa shape index (κ3) is 5.21. The predicted octanol–water partition coefficient (Wildman–Crippen LogP) is 2.83. The number of nitrogens with one attached hydrogen (secondary N) is 1. The van der Waals surface area contributed by atoms with E-state index in [1.165, 1.54) is 11.3 Å². The molecule has 1 aromatic rings. The molecular weight excluding hydrogens is 236 g/mol. The van der Waals surface area contributed by atoms with E-state index in [4.69, 9.17) is 4.74 Å². The number of hydrogen-bond donors (Lipinski definition) is 1. The molecule has 0 saturated carbocycles. The normalized spacial score (nSPS) is 12.7. The molecule has 0 fully saturated rings. The van der Waals surface area contributed by atoms with Crippen LogP contribution in [0.3, 0.4) is 0 Å². The molecule has 0 aliphatic heterocycles. The third-order valence-electron chi connectivity index (χ3n) is 3.24. The molecule has 0 heterocycles. The maximum Gasteiger partial charge on any atom is 0.0678 e. The first-order valence-corrected chi connectivity index (χ1v) is 7.14. The monoisotopic (exact) mass is 264 g/mol. The van der Waals surface area contributed by atoms with Gasteiger partial charge in [0.2, 0.25) is 0 Å². The van der Waals surface area contributed by atoms with Gasteiger partial charge in [-0.25, -0.2) is 0 Å². The summed E-state index contributed by atoms with van der Waals surface area (Å²) in [5.41, 5.74) is 2.57. The molecule has 1 atom stereocenters. The van der Waals surface area contributed by atoms with E-state index in [-0.39, 0.29) is 0 Å². The molecule has 108 valence electrons. The zero-order chi connectivity index (χ0) is 14.3. The summed E-state index contributed by atoms with van der Waals surface area (Å²) in [6, 6.07) is 9.52. The van der Waals surface area contributed by atoms with E-state index in [9.17, 15) is 0 Å². The van der Waals surface area contributed by atoms with Crippen molar-refractivity contribution in [2.45, 2.75) is 39.8 Å². The minimum atomic E-state index is 0.360. The van der Waals surface area contributed by atoms with Crippen LogP contribution in [0.2, 0.25) is 0 Å². The van der Waals surface area contributed by atoms with Crippen LogP contribution in [0.1, 0.15) is 26.3 Å². The quantitative estimate of drug-likeness (QED) is 0.781. The fourth-order valence-electron chi connectivity index (χ4n) is 2.28. The van der Waals surface area contributed by atoms with Gasteiger partial charge in [-0.05, 0) is 31.5 Å². The molecule has 0 spiro atoms. The maximum atomic E-state index is 5.39. The summed E-state index contributed by atoms with van der Waals surface area (Å²) in [6.45, 7) is 11.3. The lowest BCUT2D eigenvalue weighted by molar-refractivity contribution is 0.174. The minimum absolute atomic E-state index is 0.360. The molecule has 1 unspecified atom stereocenters. The van der Waals surface area contributed by atoms with E-state index in [0.29, 0.717) is 12.1 Å². The van der Waals surface area contributed by atoms with Crippen molar-refractivity contribution in [3.05, 3.63) is 29.8 Å². The molecule has 1 rings (SSSR count). The van der Waals surface area contributed by atoms with Crippen molar-refractivity contribution in [2.24, 2.45) is 0 Å². The number of benzene rings is 1. The number of aryl methyl sites for hydroxylation is 1. The Balaban J connectivity index is 2.83. The van der Waals surface area contributed by atoms with E-state index in [1.54, 1.807) is 7.11 Å². The Bertz CT molecular complexity index is 366. The van der Waals surface area contributed by atoms with Gasteiger partial charge in [-0.1, -0.05) is 26.0 Å². The lowest BCUT2D eigenvalue weighted by Crippen LogP contribution is -2.46. The van der Waals surface area contributed by atoms with Crippen LogP contribution in [-0.4, -0.2) is 38.9 Å². The van der Waals surface area contributed by atoms with Crippen LogP contribution in [0.5, 0.6) is 0 Å². The Labute approximate surface area is 118 Å². The van der Waals surface area contributed by atoms with Gasteiger partial charge in [-0.2, -0.15) is 0 Å². The molecule has 0 amide bonds. The van der Waals surface area contributed by atoms with Crippen molar-refractivity contribution >= 4 is 5.69 Å². The van der Waals surface area contributed by atoms with E-state index in [2.05, 4.69) is 62.2 Å². The lowest BCUT2D eigenvalue weighted by atomic mass is 10.1. The molecule has 3 heteroatoms. The molecule has 1 N–H and O–H groups in total. The van der Waals surface area contributed by atoms with Crippen LogP contribution in [0.15, 0.2) is 24.3 Å². The molecule has 0 radical (unpaired) electrons. The number of nitrogens with zero attached hydrogens (tertiary/aromatic N) is 1. The maximum absolute atomic E-state index is 5.39. The fourth-order valence-corrected chi connectivity index (χ4v) is 2.28. The highest BCUT2D eigenvalue weighted by Gasteiger charge is 2.17. The summed E-state index contributed by atoms with van der Waals surface area (Å²) in [7, 11) is 1.77. The first-order valence-electron chi connectivity index (χ1n) is 7.14. The van der Waals surface area contributed by atoms with Gasteiger partial charge < -0.3 is 15.0 Å². The van der Waals surface area contributed by atoms with Gasteiger partial charge in [0.15, 0.2) is 0 Å². The second-order valence-corrected chi connectivity index (χ2v) is 5.30. The van der Waals surface area contributed by atoms with Crippen molar-refractivity contribution < 1.29 is 4.74 Å². The van der Waals surface area contributed by atoms with Crippen molar-refractivity contribution in [1.29, 1.82) is 0 Å². The number of methoxy groups -OCH3 is 1. The molecule has 0 bridgehead atoms. The summed E-state index contributed by atoms with van der Waals surface area (Å²) in [6.07, 6.45) is 0. The predicted molar refractivity (Wildman–Crippen MR) is 83.0 cm³/mol. The van der Waals surface area contributed by atoms with Crippen LogP contribution in [0.25, 0.3) is 0 Å². The lowest BCUT2D eigenvalue weighted by Gasteiger charge is -2.33. The highest BCUT2D eigenvalue weighted by atomic mass is 16.5. The Morgan fingerprint density at radius 3 is 2.58 bits per heavy atom. The Morgan fingerprint density at radius 1 is 1.32 bits per heavy atom. The van der Waals surface area contributed by atoms with Crippen LogP contribution in [0, 0.1) is 6.92 Å². The second-order valence-electron chi connectivity index (χ2n) is 5.30. The molecule has 1 aromatic carbocycles.